The maximum atomic E-state index is 9.08. The van der Waals surface area contributed by atoms with E-state index in [4.69, 9.17) is 10.00 Å². The van der Waals surface area contributed by atoms with Gasteiger partial charge in [0, 0.05) is 18.0 Å². The highest BCUT2D eigenvalue weighted by Gasteiger charge is 2.06. The van der Waals surface area contributed by atoms with Gasteiger partial charge in [-0.25, -0.2) is 0 Å². The summed E-state index contributed by atoms with van der Waals surface area (Å²) in [5.74, 6) is 0.824. The van der Waals surface area contributed by atoms with Crippen LogP contribution < -0.4 is 10.1 Å². The second kappa shape index (κ2) is 6.42. The Balaban J connectivity index is 1.74. The van der Waals surface area contributed by atoms with Crippen molar-refractivity contribution < 1.29 is 4.74 Å². The van der Waals surface area contributed by atoms with E-state index in [0.29, 0.717) is 10.9 Å². The molecule has 1 aromatic carbocycles. The van der Waals surface area contributed by atoms with Crippen molar-refractivity contribution in [1.82, 2.24) is 30.8 Å². The lowest BCUT2D eigenvalue weighted by Crippen LogP contribution is -1.93. The number of H-pyrrole nitrogens is 1. The number of hydrogen-bond donors (Lipinski definition) is 2. The molecule has 0 fully saturated rings. The number of rotatable bonds is 5. The fraction of sp³-hybridized carbons (Fsp3) is 0. The fourth-order valence-corrected chi connectivity index (χ4v) is 1.96. The first-order valence-electron chi connectivity index (χ1n) is 6.00. The average molecular weight is 312 g/mol. The molecule has 0 spiro atoms. The first kappa shape index (κ1) is 13.7. The number of anilines is 1. The molecule has 2 aromatic heterocycles. The fourth-order valence-electron chi connectivity index (χ4n) is 1.54. The van der Waals surface area contributed by atoms with E-state index in [1.165, 1.54) is 17.5 Å². The second-order valence-electron chi connectivity index (χ2n) is 3.88. The van der Waals surface area contributed by atoms with Gasteiger partial charge in [-0.3, -0.25) is 0 Å². The summed E-state index contributed by atoms with van der Waals surface area (Å²) in [5, 5.41) is 33.2. The van der Waals surface area contributed by atoms with Gasteiger partial charge in [-0.1, -0.05) is 22.5 Å². The van der Waals surface area contributed by atoms with Crippen LogP contribution in [0.1, 0.15) is 5.82 Å². The number of nitrogens with zero attached hydrogens (tertiary/aromatic N) is 6. The highest BCUT2D eigenvalue weighted by atomic mass is 32.1. The average Bonchev–Trinajstić information content (AvgIpc) is 3.22. The Morgan fingerprint density at radius 1 is 1.41 bits per heavy atom. The molecule has 0 unspecified atom stereocenters. The molecule has 108 valence electrons. The standard InChI is InChI=1S/C12H8N8OS/c13-5-8(11-16-19-20-17-11)6-14-9-2-1-3-10(4-9)21-12-18-15-7-22-12/h1-4,6-7,14H,(H,16,17,19,20). The van der Waals surface area contributed by atoms with Crippen LogP contribution >= 0.6 is 11.3 Å². The molecule has 0 atom stereocenters. The number of nitriles is 1. The SMILES string of the molecule is N#CC(=CNc1cccc(Oc2nncs2)c1)c1nn[nH]n1. The smallest absolute Gasteiger partial charge is 0.299 e. The van der Waals surface area contributed by atoms with Crippen molar-refractivity contribution in [3.8, 4) is 17.0 Å². The van der Waals surface area contributed by atoms with Gasteiger partial charge < -0.3 is 10.1 Å². The van der Waals surface area contributed by atoms with E-state index in [1.54, 1.807) is 17.6 Å². The van der Waals surface area contributed by atoms with E-state index in [2.05, 4.69) is 36.1 Å². The lowest BCUT2D eigenvalue weighted by Gasteiger charge is -2.05. The summed E-state index contributed by atoms with van der Waals surface area (Å²) < 4.78 is 5.54. The molecule has 0 bridgehead atoms. The van der Waals surface area contributed by atoms with Gasteiger partial charge >= 0.3 is 0 Å². The topological polar surface area (TPSA) is 125 Å². The molecule has 2 heterocycles. The van der Waals surface area contributed by atoms with Crippen molar-refractivity contribution in [2.24, 2.45) is 0 Å². The Morgan fingerprint density at radius 2 is 2.36 bits per heavy atom. The Bertz CT molecular complexity index is 806. The maximum Gasteiger partial charge on any atom is 0.299 e. The van der Waals surface area contributed by atoms with Gasteiger partial charge in [0.15, 0.2) is 0 Å². The van der Waals surface area contributed by atoms with Crippen LogP contribution in [-0.2, 0) is 0 Å². The monoisotopic (exact) mass is 312 g/mol. The van der Waals surface area contributed by atoms with Crippen LogP contribution in [0.3, 0.4) is 0 Å². The quantitative estimate of drug-likeness (QED) is 0.683. The first-order valence-corrected chi connectivity index (χ1v) is 6.88. The first-order chi connectivity index (χ1) is 10.8. The Labute approximate surface area is 128 Å². The number of aromatic nitrogens is 6. The molecule has 0 amide bonds. The Morgan fingerprint density at radius 3 is 3.09 bits per heavy atom. The lowest BCUT2D eigenvalue weighted by atomic mass is 10.3. The molecule has 0 aliphatic rings. The largest absolute Gasteiger partial charge is 0.430 e. The van der Waals surface area contributed by atoms with E-state index in [0.717, 1.165) is 5.69 Å². The highest BCUT2D eigenvalue weighted by molar-refractivity contribution is 7.11. The van der Waals surface area contributed by atoms with Crippen molar-refractivity contribution in [2.45, 2.75) is 0 Å². The van der Waals surface area contributed by atoms with Crippen molar-refractivity contribution in [3.63, 3.8) is 0 Å². The number of aromatic amines is 1. The molecule has 22 heavy (non-hydrogen) atoms. The number of allylic oxidation sites excluding steroid dienone is 1. The molecule has 3 aromatic rings. The zero-order chi connectivity index (χ0) is 15.2. The third-order valence-electron chi connectivity index (χ3n) is 2.47. The van der Waals surface area contributed by atoms with Gasteiger partial charge in [0.05, 0.1) is 0 Å². The summed E-state index contributed by atoms with van der Waals surface area (Å²) in [6, 6.07) is 9.19. The molecule has 10 heteroatoms. The van der Waals surface area contributed by atoms with E-state index < -0.39 is 0 Å². The number of nitrogens with one attached hydrogen (secondary N) is 2. The van der Waals surface area contributed by atoms with Crippen molar-refractivity contribution in [3.05, 3.63) is 41.8 Å². The minimum atomic E-state index is 0.219. The zero-order valence-electron chi connectivity index (χ0n) is 11.0. The molecule has 0 saturated carbocycles. The van der Waals surface area contributed by atoms with E-state index in [1.807, 2.05) is 18.2 Å². The van der Waals surface area contributed by atoms with Crippen molar-refractivity contribution in [1.29, 1.82) is 5.26 Å². The van der Waals surface area contributed by atoms with Crippen LogP contribution in [-0.4, -0.2) is 30.8 Å². The van der Waals surface area contributed by atoms with Crippen LogP contribution in [0.4, 0.5) is 5.69 Å². The van der Waals surface area contributed by atoms with Gasteiger partial charge in [0.1, 0.15) is 22.9 Å². The second-order valence-corrected chi connectivity index (χ2v) is 4.68. The molecule has 0 aliphatic heterocycles. The molecule has 2 N–H and O–H groups in total. The summed E-state index contributed by atoms with van der Waals surface area (Å²) >= 11 is 1.30. The molecular formula is C12H8N8OS. The third-order valence-corrected chi connectivity index (χ3v) is 3.04. The normalized spacial score (nSPS) is 11.0. The van der Waals surface area contributed by atoms with Gasteiger partial charge in [-0.2, -0.15) is 10.5 Å². The number of hydrogen-bond acceptors (Lipinski definition) is 9. The molecule has 9 nitrogen and oxygen atoms in total. The van der Waals surface area contributed by atoms with Gasteiger partial charge in [-0.05, 0) is 17.3 Å². The van der Waals surface area contributed by atoms with Gasteiger partial charge in [0.25, 0.3) is 5.19 Å². The summed E-state index contributed by atoms with van der Waals surface area (Å²) in [5.41, 5.74) is 2.58. The van der Waals surface area contributed by atoms with Crippen molar-refractivity contribution in [2.75, 3.05) is 5.32 Å². The molecular weight excluding hydrogens is 304 g/mol. The number of ether oxygens (including phenoxy) is 1. The minimum absolute atomic E-state index is 0.219. The van der Waals surface area contributed by atoms with Crippen LogP contribution in [0.2, 0.25) is 0 Å². The van der Waals surface area contributed by atoms with E-state index >= 15 is 0 Å². The van der Waals surface area contributed by atoms with Crippen LogP contribution in [0.15, 0.2) is 36.0 Å². The Kier molecular flexibility index (Phi) is 3.98. The molecule has 3 rings (SSSR count). The maximum absolute atomic E-state index is 9.08. The summed E-state index contributed by atoms with van der Waals surface area (Å²) in [4.78, 5) is 0. The predicted octanol–water partition coefficient (Wildman–Crippen LogP) is 1.82. The lowest BCUT2D eigenvalue weighted by molar-refractivity contribution is 0.473. The predicted molar refractivity (Wildman–Crippen MR) is 77.8 cm³/mol. The van der Waals surface area contributed by atoms with Crippen molar-refractivity contribution >= 4 is 22.6 Å². The van der Waals surface area contributed by atoms with E-state index in [9.17, 15) is 0 Å². The van der Waals surface area contributed by atoms with E-state index in [-0.39, 0.29) is 11.4 Å². The zero-order valence-corrected chi connectivity index (χ0v) is 11.8. The van der Waals surface area contributed by atoms with Gasteiger partial charge in [0.2, 0.25) is 5.82 Å². The molecule has 0 radical (unpaired) electrons. The molecule has 0 aliphatic carbocycles. The summed E-state index contributed by atoms with van der Waals surface area (Å²) in [6.07, 6.45) is 1.49. The number of tetrazole rings is 1. The number of benzene rings is 1. The van der Waals surface area contributed by atoms with Crippen LogP contribution in [0.25, 0.3) is 5.57 Å². The summed E-state index contributed by atoms with van der Waals surface area (Å²) in [7, 11) is 0. The van der Waals surface area contributed by atoms with Crippen LogP contribution in [0, 0.1) is 11.3 Å². The van der Waals surface area contributed by atoms with Crippen LogP contribution in [0.5, 0.6) is 10.9 Å². The highest BCUT2D eigenvalue weighted by Crippen LogP contribution is 2.25. The molecule has 0 saturated heterocycles. The Hall–Kier alpha value is -3.32. The third kappa shape index (κ3) is 3.22. The van der Waals surface area contributed by atoms with Gasteiger partial charge in [-0.15, -0.1) is 15.3 Å². The summed E-state index contributed by atoms with van der Waals surface area (Å²) in [6.45, 7) is 0. The minimum Gasteiger partial charge on any atom is -0.430 e.